The van der Waals surface area contributed by atoms with Crippen LogP contribution in [0.2, 0.25) is 0 Å². The van der Waals surface area contributed by atoms with Crippen molar-refractivity contribution in [1.82, 2.24) is 0 Å². The molecule has 1 aromatic rings. The lowest BCUT2D eigenvalue weighted by atomic mass is 9.94. The Bertz CT molecular complexity index is 789. The lowest BCUT2D eigenvalue weighted by Crippen LogP contribution is -2.10. The Morgan fingerprint density at radius 3 is 1.02 bits per heavy atom. The smallest absolute Gasteiger partial charge is 0.282 e. The largest absolute Gasteiger partial charge is 0.295 e. The Balaban J connectivity index is 2.79. The van der Waals surface area contributed by atoms with Crippen molar-refractivity contribution in [2.24, 2.45) is 0 Å². The third kappa shape index (κ3) is 18.5. The molecule has 4 heteroatoms. The summed E-state index contributed by atoms with van der Waals surface area (Å²) < 4.78 is 35.5. The van der Waals surface area contributed by atoms with E-state index in [1.165, 1.54) is 128 Å². The predicted octanol–water partition coefficient (Wildman–Crippen LogP) is 12.0. The van der Waals surface area contributed by atoms with Crippen LogP contribution < -0.4 is 0 Å². The average Bonchev–Trinajstić information content (AvgIpc) is 2.92. The quantitative estimate of drug-likeness (QED) is 0.0794. The van der Waals surface area contributed by atoms with Crippen molar-refractivity contribution in [2.75, 3.05) is 0 Å². The van der Waals surface area contributed by atoms with Crippen LogP contribution in [0.5, 0.6) is 0 Å². The molecule has 0 spiro atoms. The Hall–Kier alpha value is -0.870. The number of benzene rings is 1. The number of unbranched alkanes of at least 4 members (excludes halogenated alkanes) is 21. The van der Waals surface area contributed by atoms with Gasteiger partial charge in [0.05, 0.1) is 0 Å². The molecule has 0 atom stereocenters. The molecule has 1 aromatic carbocycles. The molecule has 0 amide bonds. The maximum atomic E-state index is 12.6. The zero-order chi connectivity index (χ0) is 29.3. The maximum absolute atomic E-state index is 12.6. The Labute approximate surface area is 250 Å². The second kappa shape index (κ2) is 24.7. The molecule has 3 nitrogen and oxygen atoms in total. The topological polar surface area (TPSA) is 54.4 Å². The van der Waals surface area contributed by atoms with Gasteiger partial charge in [-0.05, 0) is 55.2 Å². The summed E-state index contributed by atoms with van der Waals surface area (Å²) in [5.41, 5.74) is 2.99. The third-order valence-corrected chi connectivity index (χ3v) is 9.52. The summed E-state index contributed by atoms with van der Waals surface area (Å²) in [5, 5.41) is 0. The first-order chi connectivity index (χ1) is 19.4. The van der Waals surface area contributed by atoms with Crippen LogP contribution in [-0.2, 0) is 29.4 Å². The highest BCUT2D eigenvalue weighted by Crippen LogP contribution is 2.28. The van der Waals surface area contributed by atoms with E-state index < -0.39 is 10.1 Å². The second-order valence-corrected chi connectivity index (χ2v) is 13.8. The van der Waals surface area contributed by atoms with Crippen LogP contribution in [0.25, 0.3) is 0 Å². The minimum Gasteiger partial charge on any atom is -0.282 e. The highest BCUT2D eigenvalue weighted by molar-refractivity contribution is 7.86. The molecule has 0 bridgehead atoms. The number of hydrogen-bond donors (Lipinski definition) is 1. The van der Waals surface area contributed by atoms with Gasteiger partial charge >= 0.3 is 0 Å². The molecule has 0 fully saturated rings. The Morgan fingerprint density at radius 1 is 0.450 bits per heavy atom. The van der Waals surface area contributed by atoms with E-state index in [-0.39, 0.29) is 4.90 Å². The van der Waals surface area contributed by atoms with Gasteiger partial charge in [-0.15, -0.1) is 0 Å². The van der Waals surface area contributed by atoms with Gasteiger partial charge in [-0.3, -0.25) is 4.55 Å². The van der Waals surface area contributed by atoms with Crippen molar-refractivity contribution >= 4 is 10.1 Å². The summed E-state index contributed by atoms with van der Waals surface area (Å²) in [7, 11) is -4.24. The van der Waals surface area contributed by atoms with Crippen LogP contribution in [0.3, 0.4) is 0 Å². The molecule has 0 unspecified atom stereocenters. The summed E-state index contributed by atoms with van der Waals surface area (Å²) in [6, 6.07) is 4.23. The summed E-state index contributed by atoms with van der Waals surface area (Å²) >= 11 is 0. The van der Waals surface area contributed by atoms with Gasteiger partial charge in [-0.25, -0.2) is 0 Å². The van der Waals surface area contributed by atoms with Gasteiger partial charge in [0.1, 0.15) is 4.90 Å². The first-order valence-corrected chi connectivity index (χ1v) is 19.0. The van der Waals surface area contributed by atoms with E-state index >= 15 is 0 Å². The normalized spacial score (nSPS) is 11.9. The minimum atomic E-state index is -4.24. The molecule has 0 heterocycles. The van der Waals surface area contributed by atoms with Crippen molar-refractivity contribution < 1.29 is 13.0 Å². The van der Waals surface area contributed by atoms with E-state index in [4.69, 9.17) is 0 Å². The first-order valence-electron chi connectivity index (χ1n) is 17.6. The molecule has 1 rings (SSSR count). The van der Waals surface area contributed by atoms with E-state index in [1.807, 2.05) is 0 Å². The van der Waals surface area contributed by atoms with E-state index in [9.17, 15) is 13.0 Å². The van der Waals surface area contributed by atoms with Crippen molar-refractivity contribution in [1.29, 1.82) is 0 Å². The molecule has 0 aliphatic carbocycles. The summed E-state index contributed by atoms with van der Waals surface area (Å²) in [4.78, 5) is 0.234. The van der Waals surface area contributed by atoms with Gasteiger partial charge in [-0.2, -0.15) is 8.42 Å². The van der Waals surface area contributed by atoms with Gasteiger partial charge in [0.25, 0.3) is 10.1 Å². The standard InChI is InChI=1S/C36H66O3S/c1-4-7-10-13-16-19-22-25-28-33-31-34(29-26-23-20-17-14-11-8-5-2)36(40(37,38)39)35(32-33)30-27-24-21-18-15-12-9-6-3/h31-32H,4-30H2,1-3H3,(H,37,38,39). The molecule has 0 aromatic heterocycles. The summed E-state index contributed by atoms with van der Waals surface area (Å²) in [6.45, 7) is 6.76. The molecule has 0 aliphatic heterocycles. The molecule has 0 saturated heterocycles. The molecule has 40 heavy (non-hydrogen) atoms. The average molecular weight is 579 g/mol. The monoisotopic (exact) mass is 578 g/mol. The van der Waals surface area contributed by atoms with Crippen molar-refractivity contribution in [2.45, 2.75) is 199 Å². The second-order valence-electron chi connectivity index (χ2n) is 12.4. The molecule has 234 valence electrons. The van der Waals surface area contributed by atoms with Crippen LogP contribution in [-0.4, -0.2) is 13.0 Å². The molecule has 0 saturated carbocycles. The number of hydrogen-bond acceptors (Lipinski definition) is 2. The van der Waals surface area contributed by atoms with Gasteiger partial charge < -0.3 is 0 Å². The SMILES string of the molecule is CCCCCCCCCCc1cc(CCCCCCCCCC)c(S(=O)(=O)O)c(CCCCCCCCCC)c1. The third-order valence-electron chi connectivity index (χ3n) is 8.48. The zero-order valence-electron chi connectivity index (χ0n) is 26.9. The molecule has 0 radical (unpaired) electrons. The van der Waals surface area contributed by atoms with E-state index in [1.54, 1.807) is 0 Å². The fraction of sp³-hybridized carbons (Fsp3) is 0.833. The minimum absolute atomic E-state index is 0.234. The van der Waals surface area contributed by atoms with E-state index in [0.29, 0.717) is 0 Å². The van der Waals surface area contributed by atoms with Gasteiger partial charge in [0.2, 0.25) is 0 Å². The van der Waals surface area contributed by atoms with Crippen molar-refractivity contribution in [3.8, 4) is 0 Å². The summed E-state index contributed by atoms with van der Waals surface area (Å²) in [6.07, 6.45) is 32.6. The lowest BCUT2D eigenvalue weighted by molar-refractivity contribution is 0.479. The van der Waals surface area contributed by atoms with E-state index in [0.717, 1.165) is 62.5 Å². The van der Waals surface area contributed by atoms with Gasteiger partial charge in [0, 0.05) is 0 Å². The fourth-order valence-corrected chi connectivity index (χ4v) is 7.02. The van der Waals surface area contributed by atoms with E-state index in [2.05, 4.69) is 32.9 Å². The maximum Gasteiger partial charge on any atom is 0.295 e. The van der Waals surface area contributed by atoms with Crippen LogP contribution in [0.4, 0.5) is 0 Å². The fourth-order valence-electron chi connectivity index (χ4n) is 6.04. The van der Waals surface area contributed by atoms with Gasteiger partial charge in [-0.1, -0.05) is 168 Å². The molecular weight excluding hydrogens is 512 g/mol. The van der Waals surface area contributed by atoms with Crippen LogP contribution in [0.1, 0.15) is 192 Å². The zero-order valence-corrected chi connectivity index (χ0v) is 27.7. The number of rotatable bonds is 28. The number of aryl methyl sites for hydroxylation is 3. The van der Waals surface area contributed by atoms with Crippen molar-refractivity contribution in [3.63, 3.8) is 0 Å². The molecule has 1 N–H and O–H groups in total. The Morgan fingerprint density at radius 2 is 0.725 bits per heavy atom. The van der Waals surface area contributed by atoms with Crippen LogP contribution in [0.15, 0.2) is 17.0 Å². The summed E-state index contributed by atoms with van der Waals surface area (Å²) in [5.74, 6) is 0. The van der Waals surface area contributed by atoms with Gasteiger partial charge in [0.15, 0.2) is 0 Å². The first kappa shape index (κ1) is 37.2. The predicted molar refractivity (Wildman–Crippen MR) is 175 cm³/mol. The lowest BCUT2D eigenvalue weighted by Gasteiger charge is -2.16. The molecule has 0 aliphatic rings. The highest BCUT2D eigenvalue weighted by Gasteiger charge is 2.21. The van der Waals surface area contributed by atoms with Crippen LogP contribution in [0, 0.1) is 0 Å². The highest BCUT2D eigenvalue weighted by atomic mass is 32.2. The Kier molecular flexibility index (Phi) is 22.9. The van der Waals surface area contributed by atoms with Crippen LogP contribution >= 0.6 is 0 Å². The van der Waals surface area contributed by atoms with Crippen molar-refractivity contribution in [3.05, 3.63) is 28.8 Å². The molecular formula is C36H66O3S.